The first-order valence-corrected chi connectivity index (χ1v) is 7.11. The van der Waals surface area contributed by atoms with E-state index < -0.39 is 0 Å². The first-order valence-electron chi connectivity index (χ1n) is 7.11. The number of unbranched alkanes of at least 4 members (excludes halogenated alkanes) is 1. The SMILES string of the molecule is CCCCC(O)c1ccccc1Cc1ccccc1. The molecule has 0 aliphatic carbocycles. The van der Waals surface area contributed by atoms with Gasteiger partial charge in [-0.25, -0.2) is 0 Å². The summed E-state index contributed by atoms with van der Waals surface area (Å²) >= 11 is 0. The van der Waals surface area contributed by atoms with Crippen molar-refractivity contribution in [2.45, 2.75) is 38.7 Å². The van der Waals surface area contributed by atoms with Crippen molar-refractivity contribution in [3.8, 4) is 0 Å². The van der Waals surface area contributed by atoms with Crippen molar-refractivity contribution < 1.29 is 5.11 Å². The minimum absolute atomic E-state index is 0.333. The Hall–Kier alpha value is -1.60. The van der Waals surface area contributed by atoms with Crippen molar-refractivity contribution in [2.24, 2.45) is 0 Å². The van der Waals surface area contributed by atoms with E-state index in [0.29, 0.717) is 0 Å². The van der Waals surface area contributed by atoms with Gasteiger partial charge < -0.3 is 5.11 Å². The second kappa shape index (κ2) is 7.10. The highest BCUT2D eigenvalue weighted by Gasteiger charge is 2.11. The number of benzene rings is 2. The van der Waals surface area contributed by atoms with Gasteiger partial charge in [0.15, 0.2) is 0 Å². The van der Waals surface area contributed by atoms with Gasteiger partial charge in [-0.05, 0) is 29.5 Å². The highest BCUT2D eigenvalue weighted by atomic mass is 16.3. The standard InChI is InChI=1S/C18H22O/c1-2-3-13-18(19)17-12-8-7-11-16(17)14-15-9-5-4-6-10-15/h4-12,18-19H,2-3,13-14H2,1H3. The normalized spacial score (nSPS) is 12.3. The molecule has 0 aliphatic rings. The average Bonchev–Trinajstić information content (AvgIpc) is 2.46. The fourth-order valence-corrected chi connectivity index (χ4v) is 2.39. The molecule has 0 bridgehead atoms. The highest BCUT2D eigenvalue weighted by Crippen LogP contribution is 2.24. The maximum Gasteiger partial charge on any atom is 0.0792 e. The second-order valence-electron chi connectivity index (χ2n) is 5.02. The molecule has 1 N–H and O–H groups in total. The fourth-order valence-electron chi connectivity index (χ4n) is 2.39. The summed E-state index contributed by atoms with van der Waals surface area (Å²) in [5.41, 5.74) is 3.61. The quantitative estimate of drug-likeness (QED) is 0.804. The molecular weight excluding hydrogens is 232 g/mol. The molecule has 0 radical (unpaired) electrons. The van der Waals surface area contributed by atoms with E-state index in [4.69, 9.17) is 0 Å². The molecular formula is C18H22O. The summed E-state index contributed by atoms with van der Waals surface area (Å²) in [4.78, 5) is 0. The van der Waals surface area contributed by atoms with Crippen molar-refractivity contribution in [2.75, 3.05) is 0 Å². The third-order valence-corrected chi connectivity index (χ3v) is 3.48. The molecule has 0 fully saturated rings. The van der Waals surface area contributed by atoms with Crippen LogP contribution in [0.4, 0.5) is 0 Å². The number of hydrogen-bond acceptors (Lipinski definition) is 1. The van der Waals surface area contributed by atoms with Crippen LogP contribution in [-0.4, -0.2) is 5.11 Å². The van der Waals surface area contributed by atoms with Crippen molar-refractivity contribution in [1.82, 2.24) is 0 Å². The van der Waals surface area contributed by atoms with Crippen LogP contribution in [0.1, 0.15) is 49.0 Å². The van der Waals surface area contributed by atoms with E-state index in [1.165, 1.54) is 11.1 Å². The van der Waals surface area contributed by atoms with Gasteiger partial charge in [0, 0.05) is 0 Å². The molecule has 2 aromatic carbocycles. The van der Waals surface area contributed by atoms with Gasteiger partial charge >= 0.3 is 0 Å². The molecule has 0 heterocycles. The molecule has 1 unspecified atom stereocenters. The summed E-state index contributed by atoms with van der Waals surface area (Å²) < 4.78 is 0. The van der Waals surface area contributed by atoms with E-state index in [1.807, 2.05) is 18.2 Å². The summed E-state index contributed by atoms with van der Waals surface area (Å²) in [5, 5.41) is 10.3. The van der Waals surface area contributed by atoms with Crippen LogP contribution in [0.25, 0.3) is 0 Å². The zero-order chi connectivity index (χ0) is 13.5. The zero-order valence-corrected chi connectivity index (χ0v) is 11.5. The molecule has 100 valence electrons. The van der Waals surface area contributed by atoms with Gasteiger partial charge in [-0.2, -0.15) is 0 Å². The van der Waals surface area contributed by atoms with Gasteiger partial charge in [0.1, 0.15) is 0 Å². The summed E-state index contributed by atoms with van der Waals surface area (Å²) in [5.74, 6) is 0. The average molecular weight is 254 g/mol. The Bertz CT molecular complexity index is 490. The van der Waals surface area contributed by atoms with Crippen LogP contribution in [0.15, 0.2) is 54.6 Å². The lowest BCUT2D eigenvalue weighted by Gasteiger charge is -2.15. The monoisotopic (exact) mass is 254 g/mol. The van der Waals surface area contributed by atoms with Gasteiger partial charge in [-0.1, -0.05) is 74.4 Å². The first kappa shape index (κ1) is 13.8. The third-order valence-electron chi connectivity index (χ3n) is 3.48. The molecule has 2 aromatic rings. The molecule has 2 rings (SSSR count). The molecule has 0 aliphatic heterocycles. The predicted molar refractivity (Wildman–Crippen MR) is 80.2 cm³/mol. The number of rotatable bonds is 6. The Morgan fingerprint density at radius 2 is 1.63 bits per heavy atom. The molecule has 0 spiro atoms. The molecule has 1 nitrogen and oxygen atoms in total. The van der Waals surface area contributed by atoms with Gasteiger partial charge in [0.2, 0.25) is 0 Å². The topological polar surface area (TPSA) is 20.2 Å². The summed E-state index contributed by atoms with van der Waals surface area (Å²) in [6.45, 7) is 2.16. The van der Waals surface area contributed by atoms with Gasteiger partial charge in [0.25, 0.3) is 0 Å². The minimum atomic E-state index is -0.333. The summed E-state index contributed by atoms with van der Waals surface area (Å²) in [6, 6.07) is 18.7. The van der Waals surface area contributed by atoms with Crippen molar-refractivity contribution in [3.05, 3.63) is 71.3 Å². The molecule has 0 saturated heterocycles. The zero-order valence-electron chi connectivity index (χ0n) is 11.5. The van der Waals surface area contributed by atoms with E-state index in [0.717, 1.165) is 31.2 Å². The van der Waals surface area contributed by atoms with Gasteiger partial charge in [-0.3, -0.25) is 0 Å². The number of aliphatic hydroxyl groups is 1. The van der Waals surface area contributed by atoms with Crippen LogP contribution in [0.5, 0.6) is 0 Å². The van der Waals surface area contributed by atoms with Gasteiger partial charge in [0.05, 0.1) is 6.10 Å². The largest absolute Gasteiger partial charge is 0.388 e. The third kappa shape index (κ3) is 3.93. The lowest BCUT2D eigenvalue weighted by atomic mass is 9.94. The molecule has 0 saturated carbocycles. The van der Waals surface area contributed by atoms with Crippen LogP contribution < -0.4 is 0 Å². The van der Waals surface area contributed by atoms with Crippen molar-refractivity contribution in [3.63, 3.8) is 0 Å². The summed E-state index contributed by atoms with van der Waals surface area (Å²) in [7, 11) is 0. The Morgan fingerprint density at radius 1 is 0.947 bits per heavy atom. The Balaban J connectivity index is 2.16. The highest BCUT2D eigenvalue weighted by molar-refractivity contribution is 5.34. The van der Waals surface area contributed by atoms with Crippen LogP contribution in [0.2, 0.25) is 0 Å². The summed E-state index contributed by atoms with van der Waals surface area (Å²) in [6.07, 6.45) is 3.60. The number of hydrogen-bond donors (Lipinski definition) is 1. The number of aliphatic hydroxyl groups excluding tert-OH is 1. The minimum Gasteiger partial charge on any atom is -0.388 e. The van der Waals surface area contributed by atoms with E-state index in [1.54, 1.807) is 0 Å². The molecule has 19 heavy (non-hydrogen) atoms. The van der Waals surface area contributed by atoms with Crippen LogP contribution >= 0.6 is 0 Å². The molecule has 1 heteroatoms. The molecule has 1 atom stereocenters. The van der Waals surface area contributed by atoms with Crippen LogP contribution in [-0.2, 0) is 6.42 Å². The van der Waals surface area contributed by atoms with E-state index in [2.05, 4.69) is 43.3 Å². The van der Waals surface area contributed by atoms with Crippen LogP contribution in [0.3, 0.4) is 0 Å². The second-order valence-corrected chi connectivity index (χ2v) is 5.02. The smallest absolute Gasteiger partial charge is 0.0792 e. The Labute approximate surface area is 115 Å². The van der Waals surface area contributed by atoms with Crippen molar-refractivity contribution in [1.29, 1.82) is 0 Å². The van der Waals surface area contributed by atoms with Gasteiger partial charge in [-0.15, -0.1) is 0 Å². The Kier molecular flexibility index (Phi) is 5.17. The predicted octanol–water partition coefficient (Wildman–Crippen LogP) is 4.50. The fraction of sp³-hybridized carbons (Fsp3) is 0.333. The van der Waals surface area contributed by atoms with E-state index in [-0.39, 0.29) is 6.10 Å². The van der Waals surface area contributed by atoms with Crippen molar-refractivity contribution >= 4 is 0 Å². The van der Waals surface area contributed by atoms with E-state index in [9.17, 15) is 5.11 Å². The lowest BCUT2D eigenvalue weighted by molar-refractivity contribution is 0.163. The maximum absolute atomic E-state index is 10.3. The van der Waals surface area contributed by atoms with Crippen LogP contribution in [0, 0.1) is 0 Å². The lowest BCUT2D eigenvalue weighted by Crippen LogP contribution is -2.02. The Morgan fingerprint density at radius 3 is 2.37 bits per heavy atom. The molecule has 0 aromatic heterocycles. The first-order chi connectivity index (χ1) is 9.31. The maximum atomic E-state index is 10.3. The van der Waals surface area contributed by atoms with E-state index >= 15 is 0 Å². The molecule has 0 amide bonds.